The summed E-state index contributed by atoms with van der Waals surface area (Å²) in [6.45, 7) is 2.18. The highest BCUT2D eigenvalue weighted by molar-refractivity contribution is 5.05. The van der Waals surface area contributed by atoms with E-state index >= 15 is 0 Å². The van der Waals surface area contributed by atoms with E-state index in [0.29, 0.717) is 0 Å². The Hall–Kier alpha value is -0.300. The SMILES string of the molecule is CCC1(OC)C=CCCC1. The molecule has 0 radical (unpaired) electrons. The molecule has 0 heterocycles. The summed E-state index contributed by atoms with van der Waals surface area (Å²) in [7, 11) is 1.80. The van der Waals surface area contributed by atoms with Gasteiger partial charge in [-0.15, -0.1) is 0 Å². The summed E-state index contributed by atoms with van der Waals surface area (Å²) in [5.74, 6) is 0. The van der Waals surface area contributed by atoms with Crippen LogP contribution in [0.4, 0.5) is 0 Å². The fourth-order valence-corrected chi connectivity index (χ4v) is 1.51. The Balaban J connectivity index is 2.61. The third kappa shape index (κ3) is 1.40. The zero-order valence-electron chi connectivity index (χ0n) is 6.89. The van der Waals surface area contributed by atoms with Gasteiger partial charge < -0.3 is 4.74 Å². The Morgan fingerprint density at radius 2 is 2.40 bits per heavy atom. The van der Waals surface area contributed by atoms with Crippen molar-refractivity contribution in [3.8, 4) is 0 Å². The molecular formula is C9H16O. The molecule has 1 heteroatoms. The molecule has 1 unspecified atom stereocenters. The lowest BCUT2D eigenvalue weighted by molar-refractivity contribution is 0.0168. The lowest BCUT2D eigenvalue weighted by Crippen LogP contribution is -2.29. The predicted molar refractivity (Wildman–Crippen MR) is 43.0 cm³/mol. The van der Waals surface area contributed by atoms with Crippen LogP contribution in [0, 0.1) is 0 Å². The summed E-state index contributed by atoms with van der Waals surface area (Å²) in [5, 5.41) is 0. The highest BCUT2D eigenvalue weighted by atomic mass is 16.5. The molecule has 0 saturated carbocycles. The minimum absolute atomic E-state index is 0.0816. The van der Waals surface area contributed by atoms with E-state index in [-0.39, 0.29) is 5.60 Å². The van der Waals surface area contributed by atoms with Crippen LogP contribution in [0.1, 0.15) is 32.6 Å². The van der Waals surface area contributed by atoms with Gasteiger partial charge in [-0.2, -0.15) is 0 Å². The highest BCUT2D eigenvalue weighted by Crippen LogP contribution is 2.27. The summed E-state index contributed by atoms with van der Waals surface area (Å²) in [6, 6.07) is 0. The molecule has 0 spiro atoms. The normalized spacial score (nSPS) is 32.6. The maximum atomic E-state index is 5.44. The van der Waals surface area contributed by atoms with Crippen LogP contribution in [-0.4, -0.2) is 12.7 Å². The van der Waals surface area contributed by atoms with Crippen molar-refractivity contribution in [2.45, 2.75) is 38.2 Å². The summed E-state index contributed by atoms with van der Waals surface area (Å²) in [4.78, 5) is 0. The van der Waals surface area contributed by atoms with Crippen LogP contribution in [0.15, 0.2) is 12.2 Å². The van der Waals surface area contributed by atoms with Crippen LogP contribution in [0.2, 0.25) is 0 Å². The van der Waals surface area contributed by atoms with Crippen LogP contribution in [-0.2, 0) is 4.74 Å². The van der Waals surface area contributed by atoms with Gasteiger partial charge >= 0.3 is 0 Å². The van der Waals surface area contributed by atoms with Gasteiger partial charge in [-0.1, -0.05) is 19.1 Å². The maximum absolute atomic E-state index is 5.44. The molecule has 0 fully saturated rings. The van der Waals surface area contributed by atoms with Crippen molar-refractivity contribution < 1.29 is 4.74 Å². The van der Waals surface area contributed by atoms with E-state index in [1.54, 1.807) is 7.11 Å². The third-order valence-electron chi connectivity index (χ3n) is 2.40. The molecule has 1 aliphatic carbocycles. The first-order valence-electron chi connectivity index (χ1n) is 4.06. The first-order valence-corrected chi connectivity index (χ1v) is 4.06. The fraction of sp³-hybridized carbons (Fsp3) is 0.778. The number of allylic oxidation sites excluding steroid dienone is 1. The monoisotopic (exact) mass is 140 g/mol. The van der Waals surface area contributed by atoms with Gasteiger partial charge in [0, 0.05) is 7.11 Å². The Morgan fingerprint density at radius 1 is 1.60 bits per heavy atom. The van der Waals surface area contributed by atoms with Gasteiger partial charge in [-0.3, -0.25) is 0 Å². The smallest absolute Gasteiger partial charge is 0.0856 e. The van der Waals surface area contributed by atoms with E-state index in [1.807, 2.05) is 0 Å². The van der Waals surface area contributed by atoms with Gasteiger partial charge in [0.25, 0.3) is 0 Å². The summed E-state index contributed by atoms with van der Waals surface area (Å²) in [6.07, 6.45) is 9.24. The second-order valence-corrected chi connectivity index (χ2v) is 2.92. The van der Waals surface area contributed by atoms with Crippen molar-refractivity contribution in [2.75, 3.05) is 7.11 Å². The molecule has 58 valence electrons. The van der Waals surface area contributed by atoms with Crippen LogP contribution in [0.3, 0.4) is 0 Å². The fourth-order valence-electron chi connectivity index (χ4n) is 1.51. The number of rotatable bonds is 2. The number of ether oxygens (including phenoxy) is 1. The van der Waals surface area contributed by atoms with Crippen molar-refractivity contribution in [2.24, 2.45) is 0 Å². The molecule has 0 bridgehead atoms. The van der Waals surface area contributed by atoms with Crippen molar-refractivity contribution >= 4 is 0 Å². The molecule has 0 aliphatic heterocycles. The number of hydrogen-bond acceptors (Lipinski definition) is 1. The van der Waals surface area contributed by atoms with Crippen molar-refractivity contribution in [1.82, 2.24) is 0 Å². The number of methoxy groups -OCH3 is 1. The van der Waals surface area contributed by atoms with Gasteiger partial charge in [-0.05, 0) is 25.7 Å². The van der Waals surface area contributed by atoms with Crippen molar-refractivity contribution in [1.29, 1.82) is 0 Å². The zero-order valence-corrected chi connectivity index (χ0v) is 6.89. The molecule has 0 aromatic rings. The van der Waals surface area contributed by atoms with Crippen LogP contribution in [0.25, 0.3) is 0 Å². The molecule has 1 rings (SSSR count). The maximum Gasteiger partial charge on any atom is 0.0856 e. The third-order valence-corrected chi connectivity index (χ3v) is 2.40. The second kappa shape index (κ2) is 3.20. The molecule has 1 atom stereocenters. The molecule has 0 saturated heterocycles. The summed E-state index contributed by atoms with van der Waals surface area (Å²) < 4.78 is 5.44. The molecule has 1 aliphatic rings. The van der Waals surface area contributed by atoms with E-state index < -0.39 is 0 Å². The molecular weight excluding hydrogens is 124 g/mol. The highest BCUT2D eigenvalue weighted by Gasteiger charge is 2.25. The predicted octanol–water partition coefficient (Wildman–Crippen LogP) is 2.52. The zero-order chi connectivity index (χ0) is 7.45. The Bertz CT molecular complexity index is 123. The average molecular weight is 140 g/mol. The standard InChI is InChI=1S/C9H16O/c1-3-9(10-2)7-5-4-6-8-9/h5,7H,3-4,6,8H2,1-2H3. The Morgan fingerprint density at radius 3 is 2.70 bits per heavy atom. The van der Waals surface area contributed by atoms with E-state index in [1.165, 1.54) is 19.3 Å². The minimum Gasteiger partial charge on any atom is -0.374 e. The van der Waals surface area contributed by atoms with Crippen LogP contribution >= 0.6 is 0 Å². The van der Waals surface area contributed by atoms with E-state index in [2.05, 4.69) is 19.1 Å². The first kappa shape index (κ1) is 7.80. The average Bonchev–Trinajstić information content (AvgIpc) is 2.06. The Labute approximate surface area is 63.1 Å². The van der Waals surface area contributed by atoms with Gasteiger partial charge in [0.05, 0.1) is 5.60 Å². The Kier molecular flexibility index (Phi) is 2.50. The van der Waals surface area contributed by atoms with Gasteiger partial charge in [0.2, 0.25) is 0 Å². The van der Waals surface area contributed by atoms with Crippen LogP contribution in [0.5, 0.6) is 0 Å². The molecule has 10 heavy (non-hydrogen) atoms. The van der Waals surface area contributed by atoms with Gasteiger partial charge in [0.15, 0.2) is 0 Å². The van der Waals surface area contributed by atoms with E-state index in [0.717, 1.165) is 6.42 Å². The van der Waals surface area contributed by atoms with Crippen molar-refractivity contribution in [3.63, 3.8) is 0 Å². The molecule has 1 nitrogen and oxygen atoms in total. The van der Waals surface area contributed by atoms with E-state index in [9.17, 15) is 0 Å². The minimum atomic E-state index is 0.0816. The first-order chi connectivity index (χ1) is 4.83. The summed E-state index contributed by atoms with van der Waals surface area (Å²) in [5.41, 5.74) is 0.0816. The van der Waals surface area contributed by atoms with Gasteiger partial charge in [0.1, 0.15) is 0 Å². The van der Waals surface area contributed by atoms with Crippen molar-refractivity contribution in [3.05, 3.63) is 12.2 Å². The van der Waals surface area contributed by atoms with Gasteiger partial charge in [-0.25, -0.2) is 0 Å². The molecule has 0 aromatic carbocycles. The van der Waals surface area contributed by atoms with E-state index in [4.69, 9.17) is 4.74 Å². The second-order valence-electron chi connectivity index (χ2n) is 2.92. The molecule has 0 aromatic heterocycles. The lowest BCUT2D eigenvalue weighted by Gasteiger charge is -2.30. The number of hydrogen-bond donors (Lipinski definition) is 0. The topological polar surface area (TPSA) is 9.23 Å². The quantitative estimate of drug-likeness (QED) is 0.535. The largest absolute Gasteiger partial charge is 0.374 e. The van der Waals surface area contributed by atoms with Crippen LogP contribution < -0.4 is 0 Å². The molecule has 0 N–H and O–H groups in total. The molecule has 0 amide bonds. The lowest BCUT2D eigenvalue weighted by atomic mass is 9.89. The summed E-state index contributed by atoms with van der Waals surface area (Å²) >= 11 is 0.